The molecule has 0 radical (unpaired) electrons. The van der Waals surface area contributed by atoms with Gasteiger partial charge in [0.15, 0.2) is 6.61 Å². The summed E-state index contributed by atoms with van der Waals surface area (Å²) in [5.41, 5.74) is -0.289. The van der Waals surface area contributed by atoms with Gasteiger partial charge in [0.2, 0.25) is 11.2 Å². The van der Waals surface area contributed by atoms with Gasteiger partial charge in [-0.3, -0.25) is 19.0 Å². The fourth-order valence-electron chi connectivity index (χ4n) is 6.72. The summed E-state index contributed by atoms with van der Waals surface area (Å²) >= 11 is 2.66. The van der Waals surface area contributed by atoms with E-state index in [0.717, 1.165) is 18.4 Å². The number of benzene rings is 2. The van der Waals surface area contributed by atoms with E-state index in [1.165, 1.54) is 34.8 Å². The SMILES string of the molecule is CN(CCN(C)[C@H]1CC[C@H](OC(=O)C(O)(c2cccs2)c2cccs2)CC1)C(=O)COc1ccc(CNC[C@H](O)c2ccc(O)c3[nH]c(=O)ccc23)cc1.F.F. The number of rotatable bonds is 16. The maximum absolute atomic E-state index is 13.4. The zero-order valence-electron chi connectivity index (χ0n) is 31.1. The Labute approximate surface area is 331 Å². The van der Waals surface area contributed by atoms with Gasteiger partial charge in [0.25, 0.3) is 5.91 Å². The number of nitrogens with zero attached hydrogens (tertiary/aromatic N) is 2. The summed E-state index contributed by atoms with van der Waals surface area (Å²) in [6, 6.07) is 20.9. The minimum atomic E-state index is -1.80. The quantitative estimate of drug-likeness (QED) is 0.0853. The van der Waals surface area contributed by atoms with Crippen LogP contribution in [0.3, 0.4) is 0 Å². The zero-order chi connectivity index (χ0) is 38.2. The Morgan fingerprint density at radius 1 is 0.929 bits per heavy atom. The van der Waals surface area contributed by atoms with Crippen LogP contribution < -0.4 is 15.6 Å². The highest BCUT2D eigenvalue weighted by molar-refractivity contribution is 7.12. The summed E-state index contributed by atoms with van der Waals surface area (Å²) in [7, 11) is 3.81. The second-order valence-corrected chi connectivity index (χ2v) is 15.6. The van der Waals surface area contributed by atoms with Crippen LogP contribution in [0.5, 0.6) is 11.5 Å². The molecule has 3 aromatic heterocycles. The topological polar surface area (TPSA) is 165 Å². The lowest BCUT2D eigenvalue weighted by Gasteiger charge is -2.36. The number of aromatic amines is 1. The van der Waals surface area contributed by atoms with E-state index in [1.54, 1.807) is 48.3 Å². The van der Waals surface area contributed by atoms with Crippen molar-refractivity contribution in [3.8, 4) is 11.5 Å². The summed E-state index contributed by atoms with van der Waals surface area (Å²) < 4.78 is 11.7. The van der Waals surface area contributed by atoms with Gasteiger partial charge in [-0.25, -0.2) is 4.79 Å². The van der Waals surface area contributed by atoms with Gasteiger partial charge < -0.3 is 44.9 Å². The minimum Gasteiger partial charge on any atom is -0.506 e. The number of halogens is 2. The lowest BCUT2D eigenvalue weighted by Crippen LogP contribution is -2.44. The number of carbonyl (C=O) groups is 2. The highest BCUT2D eigenvalue weighted by Crippen LogP contribution is 2.38. The molecule has 1 aliphatic carbocycles. The first kappa shape index (κ1) is 44.0. The molecule has 0 saturated heterocycles. The number of phenols is 1. The van der Waals surface area contributed by atoms with E-state index >= 15 is 0 Å². The van der Waals surface area contributed by atoms with Crippen molar-refractivity contribution in [2.24, 2.45) is 0 Å². The van der Waals surface area contributed by atoms with Gasteiger partial charge in [0, 0.05) is 50.7 Å². The van der Waals surface area contributed by atoms with Crippen LogP contribution in [0.2, 0.25) is 0 Å². The van der Waals surface area contributed by atoms with E-state index in [-0.39, 0.29) is 45.9 Å². The summed E-state index contributed by atoms with van der Waals surface area (Å²) in [6.45, 7) is 1.88. The van der Waals surface area contributed by atoms with Crippen molar-refractivity contribution in [2.75, 3.05) is 40.3 Å². The third-order valence-electron chi connectivity index (χ3n) is 10.0. The summed E-state index contributed by atoms with van der Waals surface area (Å²) in [5, 5.41) is 39.9. The lowest BCUT2D eigenvalue weighted by molar-refractivity contribution is -0.169. The van der Waals surface area contributed by atoms with E-state index < -0.39 is 17.7 Å². The maximum atomic E-state index is 13.4. The standard InChI is InChI=1S/C40H46N4O8S2.2FH/c1-43(27-9-13-29(14-10-27)52-39(49)40(50,34-5-3-21-53-34)35-6-4-22-54-35)19-20-44(2)37(48)25-51-28-11-7-26(8-12-28)23-41-24-33(46)30-15-17-32(45)38-31(30)16-18-36(47)42-38;;/h3-8,11-12,15-18,21-22,27,29,33,41,45-46,50H,9-10,13-14,19-20,23-25H2,1-2H3,(H,42,47);2*1H/t27-,29-,33-;;/m0../s1. The fourth-order valence-corrected chi connectivity index (χ4v) is 8.43. The summed E-state index contributed by atoms with van der Waals surface area (Å²) in [5.74, 6) is -0.245. The number of carbonyl (C=O) groups excluding carboxylic acids is 2. The van der Waals surface area contributed by atoms with Crippen molar-refractivity contribution in [3.63, 3.8) is 0 Å². The number of ether oxygens (including phenoxy) is 2. The number of hydrogen-bond acceptors (Lipinski definition) is 12. The van der Waals surface area contributed by atoms with Crippen LogP contribution in [-0.4, -0.2) is 94.5 Å². The number of likely N-dealkylation sites (N-methyl/N-ethyl adjacent to an activating group) is 2. The number of hydrogen-bond donors (Lipinski definition) is 5. The van der Waals surface area contributed by atoms with E-state index in [4.69, 9.17) is 9.47 Å². The number of fused-ring (bicyclic) bond motifs is 1. The molecular formula is C40H48F2N4O8S2. The van der Waals surface area contributed by atoms with E-state index in [9.17, 15) is 29.7 Å². The fraction of sp³-hybridized carbons (Fsp3) is 0.375. The average molecular weight is 815 g/mol. The normalized spacial score (nSPS) is 16.1. The number of H-pyrrole nitrogens is 1. The van der Waals surface area contributed by atoms with E-state index in [2.05, 4.69) is 15.2 Å². The van der Waals surface area contributed by atoms with Gasteiger partial charge in [-0.1, -0.05) is 30.3 Å². The second kappa shape index (κ2) is 19.9. The van der Waals surface area contributed by atoms with Gasteiger partial charge >= 0.3 is 5.97 Å². The van der Waals surface area contributed by atoms with Crippen LogP contribution in [0.1, 0.15) is 52.7 Å². The maximum Gasteiger partial charge on any atom is 0.349 e. The first-order valence-electron chi connectivity index (χ1n) is 17.9. The predicted octanol–water partition coefficient (Wildman–Crippen LogP) is 5.04. The Morgan fingerprint density at radius 2 is 1.59 bits per heavy atom. The van der Waals surface area contributed by atoms with Crippen molar-refractivity contribution in [2.45, 2.75) is 56.1 Å². The zero-order valence-corrected chi connectivity index (χ0v) is 32.7. The first-order chi connectivity index (χ1) is 26.0. The number of aromatic nitrogens is 1. The molecule has 5 aromatic rings. The van der Waals surface area contributed by atoms with Crippen LogP contribution in [-0.2, 0) is 26.5 Å². The smallest absolute Gasteiger partial charge is 0.349 e. The van der Waals surface area contributed by atoms with Crippen LogP contribution in [0.25, 0.3) is 10.9 Å². The molecule has 1 aliphatic rings. The molecule has 5 N–H and O–H groups in total. The van der Waals surface area contributed by atoms with Gasteiger partial charge in [-0.05, 0) is 91.0 Å². The van der Waals surface area contributed by atoms with E-state index in [1.807, 2.05) is 42.1 Å². The van der Waals surface area contributed by atoms with Crippen molar-refractivity contribution in [1.29, 1.82) is 0 Å². The molecule has 1 amide bonds. The lowest BCUT2D eigenvalue weighted by atomic mass is 9.91. The molecule has 0 bridgehead atoms. The molecule has 0 aliphatic heterocycles. The third-order valence-corrected chi connectivity index (χ3v) is 12.0. The number of aliphatic hydroxyl groups excluding tert-OH is 1. The van der Waals surface area contributed by atoms with Gasteiger partial charge in [0.1, 0.15) is 17.6 Å². The number of thiophene rings is 2. The molecule has 1 atom stereocenters. The molecule has 2 aromatic carbocycles. The second-order valence-electron chi connectivity index (χ2n) is 13.7. The average Bonchev–Trinajstić information content (AvgIpc) is 3.93. The number of aromatic hydroxyl groups is 1. The molecule has 16 heteroatoms. The van der Waals surface area contributed by atoms with Crippen molar-refractivity contribution < 1.29 is 43.8 Å². The third kappa shape index (κ3) is 10.4. The Balaban J connectivity index is 0.00000348. The molecule has 6 rings (SSSR count). The minimum absolute atomic E-state index is 0. The highest BCUT2D eigenvalue weighted by atomic mass is 32.1. The van der Waals surface area contributed by atoms with Crippen LogP contribution in [0.15, 0.2) is 88.4 Å². The molecule has 1 saturated carbocycles. The van der Waals surface area contributed by atoms with Crippen molar-refractivity contribution in [1.82, 2.24) is 20.1 Å². The monoisotopic (exact) mass is 814 g/mol. The molecule has 0 unspecified atom stereocenters. The number of esters is 1. The summed E-state index contributed by atoms with van der Waals surface area (Å²) in [6.07, 6.45) is 1.96. The molecule has 56 heavy (non-hydrogen) atoms. The summed E-state index contributed by atoms with van der Waals surface area (Å²) in [4.78, 5) is 45.5. The molecule has 12 nitrogen and oxygen atoms in total. The van der Waals surface area contributed by atoms with Gasteiger partial charge in [-0.15, -0.1) is 22.7 Å². The number of phenolic OH excluding ortho intramolecular Hbond substituents is 1. The Hall–Kier alpha value is -4.71. The number of aliphatic hydroxyl groups is 2. The Bertz CT molecular complexity index is 2020. The van der Waals surface area contributed by atoms with Crippen molar-refractivity contribution >= 4 is 45.5 Å². The molecular weight excluding hydrogens is 767 g/mol. The first-order valence-corrected chi connectivity index (χ1v) is 19.7. The number of pyridine rings is 1. The van der Waals surface area contributed by atoms with E-state index in [0.29, 0.717) is 70.5 Å². The van der Waals surface area contributed by atoms with Crippen LogP contribution >= 0.6 is 22.7 Å². The number of nitrogens with one attached hydrogen (secondary N) is 2. The largest absolute Gasteiger partial charge is 0.506 e. The molecule has 3 heterocycles. The molecule has 0 spiro atoms. The predicted molar refractivity (Wildman–Crippen MR) is 214 cm³/mol. The Kier molecular flexibility index (Phi) is 15.7. The number of amides is 1. The van der Waals surface area contributed by atoms with Gasteiger partial charge in [-0.2, -0.15) is 0 Å². The van der Waals surface area contributed by atoms with Gasteiger partial charge in [0.05, 0.1) is 21.4 Å². The molecule has 1 fully saturated rings. The van der Waals surface area contributed by atoms with Crippen LogP contribution in [0, 0.1) is 0 Å². The van der Waals surface area contributed by atoms with Crippen LogP contribution in [0.4, 0.5) is 9.41 Å². The highest BCUT2D eigenvalue weighted by Gasteiger charge is 2.45. The van der Waals surface area contributed by atoms with Crippen molar-refractivity contribution in [3.05, 3.63) is 115 Å². The Morgan fingerprint density at radius 3 is 2.21 bits per heavy atom. The molecule has 302 valence electrons.